The highest BCUT2D eigenvalue weighted by molar-refractivity contribution is 6.03. The summed E-state index contributed by atoms with van der Waals surface area (Å²) in [7, 11) is 1.63. The fraction of sp³-hybridized carbons (Fsp3) is 0.318. The lowest BCUT2D eigenvalue weighted by atomic mass is 9.84. The van der Waals surface area contributed by atoms with Crippen LogP contribution in [0.25, 0.3) is 16.6 Å². The molecule has 0 aliphatic carbocycles. The molecule has 29 heavy (non-hydrogen) atoms. The molecule has 2 aromatic heterocycles. The smallest absolute Gasteiger partial charge is 0.225 e. The minimum Gasteiger partial charge on any atom is -0.497 e. The predicted octanol–water partition coefficient (Wildman–Crippen LogP) is 3.52. The number of rotatable bonds is 7. The number of ketones is 1. The van der Waals surface area contributed by atoms with Gasteiger partial charge in [0.05, 0.1) is 35.5 Å². The third-order valence-corrected chi connectivity index (χ3v) is 5.52. The summed E-state index contributed by atoms with van der Waals surface area (Å²) in [6.07, 6.45) is 3.44. The van der Waals surface area contributed by atoms with Crippen LogP contribution in [0.3, 0.4) is 0 Å². The van der Waals surface area contributed by atoms with Gasteiger partial charge in [-0.15, -0.1) is 0 Å². The second kappa shape index (κ2) is 7.58. The van der Waals surface area contributed by atoms with Crippen molar-refractivity contribution >= 4 is 22.9 Å². The summed E-state index contributed by atoms with van der Waals surface area (Å²) in [5.41, 5.74) is 8.55. The molecule has 1 atom stereocenters. The van der Waals surface area contributed by atoms with Crippen LogP contribution in [0.4, 0.5) is 5.69 Å². The molecule has 3 rings (SSSR count). The van der Waals surface area contributed by atoms with Crippen LogP contribution in [0.2, 0.25) is 0 Å². The number of fused-ring (bicyclic) bond motifs is 1. The molecular weight excluding hydrogens is 368 g/mol. The zero-order valence-electron chi connectivity index (χ0n) is 17.3. The number of amides is 1. The minimum atomic E-state index is -0.806. The number of benzene rings is 1. The first-order chi connectivity index (χ1) is 13.6. The molecular formula is C22H26N4O3. The number of Topliss-reactive ketones (excluding diaryl/α,β-unsaturated/α-hetero) is 1. The largest absolute Gasteiger partial charge is 0.497 e. The maximum atomic E-state index is 12.2. The average molecular weight is 394 g/mol. The number of hydrogen-bond acceptors (Lipinski definition) is 5. The van der Waals surface area contributed by atoms with Crippen LogP contribution in [-0.4, -0.2) is 34.5 Å². The van der Waals surface area contributed by atoms with Crippen LogP contribution in [-0.2, 0) is 4.79 Å². The average Bonchev–Trinajstić information content (AvgIpc) is 3.12. The Kier molecular flexibility index (Phi) is 5.33. The van der Waals surface area contributed by atoms with Crippen molar-refractivity contribution in [3.63, 3.8) is 0 Å². The van der Waals surface area contributed by atoms with E-state index >= 15 is 0 Å². The Labute approximate surface area is 169 Å². The number of carbonyl (C=O) groups is 2. The van der Waals surface area contributed by atoms with Crippen molar-refractivity contribution < 1.29 is 14.3 Å². The maximum absolute atomic E-state index is 12.2. The van der Waals surface area contributed by atoms with E-state index in [1.165, 1.54) is 6.92 Å². The van der Waals surface area contributed by atoms with Crippen LogP contribution >= 0.6 is 0 Å². The van der Waals surface area contributed by atoms with E-state index < -0.39 is 11.3 Å². The summed E-state index contributed by atoms with van der Waals surface area (Å²) in [5.74, 6) is 0.249. The van der Waals surface area contributed by atoms with Crippen LogP contribution in [0.5, 0.6) is 5.75 Å². The number of anilines is 1. The van der Waals surface area contributed by atoms with Gasteiger partial charge in [0.25, 0.3) is 0 Å². The predicted molar refractivity (Wildman–Crippen MR) is 113 cm³/mol. The van der Waals surface area contributed by atoms with Crippen molar-refractivity contribution in [1.82, 2.24) is 9.61 Å². The van der Waals surface area contributed by atoms with Gasteiger partial charge in [-0.05, 0) is 51.5 Å². The van der Waals surface area contributed by atoms with Gasteiger partial charge in [0, 0.05) is 17.8 Å². The van der Waals surface area contributed by atoms with Crippen LogP contribution in [0.1, 0.15) is 38.1 Å². The Morgan fingerprint density at radius 3 is 2.41 bits per heavy atom. The number of methoxy groups -OCH3 is 1. The number of aromatic nitrogens is 2. The zero-order valence-corrected chi connectivity index (χ0v) is 17.3. The molecule has 0 radical (unpaired) electrons. The van der Waals surface area contributed by atoms with Gasteiger partial charge in [-0.2, -0.15) is 5.10 Å². The molecule has 2 heterocycles. The first kappa shape index (κ1) is 20.4. The molecule has 1 unspecified atom stereocenters. The maximum Gasteiger partial charge on any atom is 0.225 e. The van der Waals surface area contributed by atoms with Crippen molar-refractivity contribution in [1.29, 1.82) is 0 Å². The highest BCUT2D eigenvalue weighted by Gasteiger charge is 2.33. The van der Waals surface area contributed by atoms with E-state index in [1.807, 2.05) is 43.5 Å². The fourth-order valence-electron chi connectivity index (χ4n) is 3.03. The lowest BCUT2D eigenvalue weighted by molar-refractivity contribution is -0.126. The van der Waals surface area contributed by atoms with Crippen molar-refractivity contribution in [3.05, 3.63) is 48.3 Å². The normalized spacial score (nSPS) is 12.6. The molecule has 3 aromatic rings. The van der Waals surface area contributed by atoms with E-state index in [2.05, 4.69) is 10.4 Å². The molecule has 0 spiro atoms. The van der Waals surface area contributed by atoms with E-state index in [1.54, 1.807) is 31.7 Å². The van der Waals surface area contributed by atoms with Crippen molar-refractivity contribution in [2.45, 2.75) is 33.7 Å². The van der Waals surface area contributed by atoms with Gasteiger partial charge in [-0.1, -0.05) is 12.1 Å². The second-order valence-electron chi connectivity index (χ2n) is 7.73. The molecule has 1 amide bonds. The van der Waals surface area contributed by atoms with Crippen molar-refractivity contribution in [3.8, 4) is 16.9 Å². The monoisotopic (exact) mass is 394 g/mol. The summed E-state index contributed by atoms with van der Waals surface area (Å²) in [5, 5.41) is 7.72. The van der Waals surface area contributed by atoms with Crippen molar-refractivity contribution in [2.75, 3.05) is 12.4 Å². The Hall–Kier alpha value is -3.35. The van der Waals surface area contributed by atoms with Gasteiger partial charge in [-0.25, -0.2) is 4.52 Å². The molecule has 0 saturated heterocycles. The molecule has 7 heteroatoms. The van der Waals surface area contributed by atoms with Gasteiger partial charge in [0.2, 0.25) is 5.91 Å². The number of ether oxygens (including phenoxy) is 1. The molecule has 0 saturated carbocycles. The molecule has 0 fully saturated rings. The SMILES string of the molecule is COc1ccc(-c2cc3c(NC(C)C(C)(C)C(N)=O)c(C(C)=O)cnn3c2)cc1. The van der Waals surface area contributed by atoms with Crippen molar-refractivity contribution in [2.24, 2.45) is 11.1 Å². The molecule has 7 nitrogen and oxygen atoms in total. The summed E-state index contributed by atoms with van der Waals surface area (Å²) < 4.78 is 6.94. The lowest BCUT2D eigenvalue weighted by Crippen LogP contribution is -2.44. The summed E-state index contributed by atoms with van der Waals surface area (Å²) in [6.45, 7) is 6.92. The Morgan fingerprint density at radius 1 is 1.21 bits per heavy atom. The second-order valence-corrected chi connectivity index (χ2v) is 7.73. The number of primary amides is 1. The summed E-state index contributed by atoms with van der Waals surface area (Å²) in [4.78, 5) is 24.1. The van der Waals surface area contributed by atoms with Gasteiger partial charge in [0.15, 0.2) is 5.78 Å². The fourth-order valence-corrected chi connectivity index (χ4v) is 3.03. The van der Waals surface area contributed by atoms with E-state index in [9.17, 15) is 9.59 Å². The van der Waals surface area contributed by atoms with Gasteiger partial charge in [0.1, 0.15) is 5.75 Å². The molecule has 3 N–H and O–H groups in total. The Morgan fingerprint density at radius 2 is 1.86 bits per heavy atom. The topological polar surface area (TPSA) is 98.7 Å². The number of nitrogens with two attached hydrogens (primary N) is 1. The Bertz CT molecular complexity index is 1070. The summed E-state index contributed by atoms with van der Waals surface area (Å²) >= 11 is 0. The first-order valence-electron chi connectivity index (χ1n) is 9.38. The van der Waals surface area contributed by atoms with E-state index in [-0.39, 0.29) is 11.8 Å². The van der Waals surface area contributed by atoms with Gasteiger partial charge < -0.3 is 15.8 Å². The number of nitrogens with one attached hydrogen (secondary N) is 1. The quantitative estimate of drug-likeness (QED) is 0.597. The van der Waals surface area contributed by atoms with Crippen LogP contribution < -0.4 is 15.8 Å². The van der Waals surface area contributed by atoms with E-state index in [4.69, 9.17) is 10.5 Å². The first-order valence-corrected chi connectivity index (χ1v) is 9.38. The number of hydrogen-bond donors (Lipinski definition) is 2. The van der Waals surface area contributed by atoms with Gasteiger partial charge in [-0.3, -0.25) is 9.59 Å². The standard InChI is InChI=1S/C22H26N4O3/c1-13(27)18-11-24-26-12-16(15-6-8-17(29-5)9-7-15)10-19(26)20(18)25-14(2)22(3,4)21(23)28/h6-12,14,25H,1-5H3,(H2,23,28). The number of nitrogens with zero attached hydrogens (tertiary/aromatic N) is 2. The zero-order chi connectivity index (χ0) is 21.3. The van der Waals surface area contributed by atoms with E-state index in [0.717, 1.165) is 22.4 Å². The molecule has 1 aromatic carbocycles. The third-order valence-electron chi connectivity index (χ3n) is 5.52. The molecule has 0 aliphatic heterocycles. The molecule has 0 bridgehead atoms. The van der Waals surface area contributed by atoms with E-state index in [0.29, 0.717) is 11.3 Å². The van der Waals surface area contributed by atoms with Gasteiger partial charge >= 0.3 is 0 Å². The van der Waals surface area contributed by atoms with Crippen LogP contribution in [0.15, 0.2) is 42.7 Å². The number of carbonyl (C=O) groups excluding carboxylic acids is 2. The Balaban J connectivity index is 2.10. The highest BCUT2D eigenvalue weighted by atomic mass is 16.5. The summed E-state index contributed by atoms with van der Waals surface area (Å²) in [6, 6.07) is 9.37. The molecule has 0 aliphatic rings. The van der Waals surface area contributed by atoms with Crippen LogP contribution in [0, 0.1) is 5.41 Å². The lowest BCUT2D eigenvalue weighted by Gasteiger charge is -2.30. The third kappa shape index (κ3) is 3.81. The molecule has 152 valence electrons. The minimum absolute atomic E-state index is 0.112. The highest BCUT2D eigenvalue weighted by Crippen LogP contribution is 2.32.